The van der Waals surface area contributed by atoms with Crippen molar-refractivity contribution in [3.8, 4) is 0 Å². The van der Waals surface area contributed by atoms with Gasteiger partial charge in [-0.05, 0) is 36.3 Å². The van der Waals surface area contributed by atoms with E-state index in [1.54, 1.807) is 6.07 Å². The Morgan fingerprint density at radius 1 is 1.21 bits per heavy atom. The fourth-order valence-corrected chi connectivity index (χ4v) is 2.18. The second kappa shape index (κ2) is 5.16. The highest BCUT2D eigenvalue weighted by Crippen LogP contribution is 2.31. The zero-order valence-electron chi connectivity index (χ0n) is 11.3. The fraction of sp³-hybridized carbons (Fsp3) is 0.600. The van der Waals surface area contributed by atoms with Gasteiger partial charge in [0.05, 0.1) is 5.56 Å². The van der Waals surface area contributed by atoms with Crippen molar-refractivity contribution in [1.82, 2.24) is 5.32 Å². The zero-order valence-corrected chi connectivity index (χ0v) is 11.3. The molecule has 0 aliphatic heterocycles. The molecule has 0 saturated heterocycles. The largest absolute Gasteiger partial charge is 0.416 e. The fourth-order valence-electron chi connectivity index (χ4n) is 2.18. The van der Waals surface area contributed by atoms with Crippen LogP contribution in [-0.4, -0.2) is 12.6 Å². The second-order valence-electron chi connectivity index (χ2n) is 6.19. The van der Waals surface area contributed by atoms with Crippen molar-refractivity contribution in [3.05, 3.63) is 35.4 Å². The van der Waals surface area contributed by atoms with Gasteiger partial charge in [-0.2, -0.15) is 13.2 Å². The summed E-state index contributed by atoms with van der Waals surface area (Å²) >= 11 is 0. The number of rotatable bonds is 5. The summed E-state index contributed by atoms with van der Waals surface area (Å²) in [5.74, 6) is 0. The Kier molecular flexibility index (Phi) is 3.90. The molecule has 0 amide bonds. The number of hydrogen-bond acceptors (Lipinski definition) is 1. The van der Waals surface area contributed by atoms with Gasteiger partial charge in [-0.3, -0.25) is 0 Å². The molecule has 1 nitrogen and oxygen atoms in total. The molecule has 0 unspecified atom stereocenters. The van der Waals surface area contributed by atoms with Gasteiger partial charge in [0.15, 0.2) is 0 Å². The van der Waals surface area contributed by atoms with E-state index in [4.69, 9.17) is 0 Å². The molecule has 0 radical (unpaired) electrons. The molecule has 0 aromatic heterocycles. The van der Waals surface area contributed by atoms with Crippen molar-refractivity contribution in [2.24, 2.45) is 5.41 Å². The smallest absolute Gasteiger partial charge is 0.313 e. The quantitative estimate of drug-likeness (QED) is 0.852. The molecule has 1 aliphatic rings. The van der Waals surface area contributed by atoms with Crippen LogP contribution in [0.3, 0.4) is 0 Å². The maximum atomic E-state index is 12.7. The Balaban J connectivity index is 2.00. The first kappa shape index (κ1) is 14.4. The lowest BCUT2D eigenvalue weighted by Crippen LogP contribution is -2.32. The molecular weight excluding hydrogens is 251 g/mol. The molecule has 1 aromatic rings. The van der Waals surface area contributed by atoms with Crippen LogP contribution < -0.4 is 5.32 Å². The first-order chi connectivity index (χ1) is 8.76. The van der Waals surface area contributed by atoms with E-state index in [-0.39, 0.29) is 5.41 Å². The third-order valence-corrected chi connectivity index (χ3v) is 3.38. The number of alkyl halides is 3. The molecule has 0 heterocycles. The predicted molar refractivity (Wildman–Crippen MR) is 70.0 cm³/mol. The van der Waals surface area contributed by atoms with E-state index in [0.29, 0.717) is 12.5 Å². The Morgan fingerprint density at radius 3 is 2.47 bits per heavy atom. The Hall–Kier alpha value is -1.03. The van der Waals surface area contributed by atoms with Crippen LogP contribution in [0.25, 0.3) is 0 Å². The molecule has 0 atom stereocenters. The summed E-state index contributed by atoms with van der Waals surface area (Å²) in [6.45, 7) is 5.01. The monoisotopic (exact) mass is 271 g/mol. The maximum Gasteiger partial charge on any atom is 0.416 e. The van der Waals surface area contributed by atoms with E-state index in [1.807, 2.05) is 0 Å². The number of nitrogens with one attached hydrogen (secondary N) is 1. The van der Waals surface area contributed by atoms with Crippen molar-refractivity contribution in [2.45, 2.75) is 45.3 Å². The lowest BCUT2D eigenvalue weighted by molar-refractivity contribution is -0.137. The zero-order chi connectivity index (χ0) is 14.1. The lowest BCUT2D eigenvalue weighted by Gasteiger charge is -2.25. The molecule has 106 valence electrons. The summed E-state index contributed by atoms with van der Waals surface area (Å²) in [4.78, 5) is 0. The SMILES string of the molecule is CC(C)(CNC1CC1)Cc1cccc(C(F)(F)F)c1. The lowest BCUT2D eigenvalue weighted by atomic mass is 9.85. The topological polar surface area (TPSA) is 12.0 Å². The standard InChI is InChI=1S/C15H20F3N/c1-14(2,10-19-13-6-7-13)9-11-4-3-5-12(8-11)15(16,17)18/h3-5,8,13,19H,6-7,9-10H2,1-2H3. The highest BCUT2D eigenvalue weighted by Gasteiger charge is 2.31. The van der Waals surface area contributed by atoms with Crippen LogP contribution in [0.1, 0.15) is 37.8 Å². The van der Waals surface area contributed by atoms with E-state index in [0.717, 1.165) is 18.2 Å². The third-order valence-electron chi connectivity index (χ3n) is 3.38. The maximum absolute atomic E-state index is 12.7. The van der Waals surface area contributed by atoms with Crippen LogP contribution in [0.2, 0.25) is 0 Å². The van der Waals surface area contributed by atoms with E-state index < -0.39 is 11.7 Å². The number of halogens is 3. The highest BCUT2D eigenvalue weighted by atomic mass is 19.4. The van der Waals surface area contributed by atoms with Crippen LogP contribution in [-0.2, 0) is 12.6 Å². The van der Waals surface area contributed by atoms with Crippen LogP contribution in [0.5, 0.6) is 0 Å². The van der Waals surface area contributed by atoms with Crippen molar-refractivity contribution >= 4 is 0 Å². The molecule has 1 N–H and O–H groups in total. The van der Waals surface area contributed by atoms with Gasteiger partial charge in [-0.15, -0.1) is 0 Å². The Labute approximate surface area is 112 Å². The predicted octanol–water partition coefficient (Wildman–Crippen LogP) is 4.03. The minimum atomic E-state index is -4.26. The average Bonchev–Trinajstić information content (AvgIpc) is 3.09. The van der Waals surface area contributed by atoms with Crippen LogP contribution in [0, 0.1) is 5.41 Å². The minimum Gasteiger partial charge on any atom is -0.313 e. The van der Waals surface area contributed by atoms with E-state index >= 15 is 0 Å². The molecule has 1 fully saturated rings. The normalized spacial score (nSPS) is 16.7. The highest BCUT2D eigenvalue weighted by molar-refractivity contribution is 5.26. The summed E-state index contributed by atoms with van der Waals surface area (Å²) in [5.41, 5.74) is 0.153. The first-order valence-corrected chi connectivity index (χ1v) is 6.66. The summed E-state index contributed by atoms with van der Waals surface area (Å²) in [6.07, 6.45) is -1.16. The molecule has 4 heteroatoms. The van der Waals surface area contributed by atoms with Crippen molar-refractivity contribution < 1.29 is 13.2 Å². The molecule has 0 spiro atoms. The number of benzene rings is 1. The summed E-state index contributed by atoms with van der Waals surface area (Å²) in [5, 5.41) is 3.44. The van der Waals surface area contributed by atoms with Gasteiger partial charge in [-0.1, -0.05) is 32.0 Å². The molecule has 2 rings (SSSR count). The second-order valence-corrected chi connectivity index (χ2v) is 6.19. The van der Waals surface area contributed by atoms with Crippen molar-refractivity contribution in [1.29, 1.82) is 0 Å². The summed E-state index contributed by atoms with van der Waals surface area (Å²) in [7, 11) is 0. The van der Waals surface area contributed by atoms with Crippen molar-refractivity contribution in [2.75, 3.05) is 6.54 Å². The molecule has 1 saturated carbocycles. The van der Waals surface area contributed by atoms with Gasteiger partial charge in [0.25, 0.3) is 0 Å². The molecular formula is C15H20F3N. The van der Waals surface area contributed by atoms with E-state index in [2.05, 4.69) is 19.2 Å². The van der Waals surface area contributed by atoms with Gasteiger partial charge in [0, 0.05) is 12.6 Å². The van der Waals surface area contributed by atoms with Gasteiger partial charge in [0.1, 0.15) is 0 Å². The number of hydrogen-bond donors (Lipinski definition) is 1. The average molecular weight is 271 g/mol. The Morgan fingerprint density at radius 2 is 1.89 bits per heavy atom. The molecule has 1 aliphatic carbocycles. The van der Waals surface area contributed by atoms with Gasteiger partial charge < -0.3 is 5.32 Å². The van der Waals surface area contributed by atoms with Gasteiger partial charge in [0.2, 0.25) is 0 Å². The van der Waals surface area contributed by atoms with Crippen LogP contribution >= 0.6 is 0 Å². The van der Waals surface area contributed by atoms with Gasteiger partial charge in [-0.25, -0.2) is 0 Å². The third kappa shape index (κ3) is 4.53. The molecule has 19 heavy (non-hydrogen) atoms. The Bertz CT molecular complexity index is 433. The van der Waals surface area contributed by atoms with Crippen LogP contribution in [0.15, 0.2) is 24.3 Å². The molecule has 0 bridgehead atoms. The summed E-state index contributed by atoms with van der Waals surface area (Å²) in [6, 6.07) is 6.27. The van der Waals surface area contributed by atoms with Gasteiger partial charge >= 0.3 is 6.18 Å². The summed E-state index contributed by atoms with van der Waals surface area (Å²) < 4.78 is 38.0. The minimum absolute atomic E-state index is 0.0349. The van der Waals surface area contributed by atoms with Crippen LogP contribution in [0.4, 0.5) is 13.2 Å². The first-order valence-electron chi connectivity index (χ1n) is 6.66. The molecule has 1 aromatic carbocycles. The van der Waals surface area contributed by atoms with Crippen molar-refractivity contribution in [3.63, 3.8) is 0 Å². The van der Waals surface area contributed by atoms with E-state index in [9.17, 15) is 13.2 Å². The van der Waals surface area contributed by atoms with E-state index in [1.165, 1.54) is 25.0 Å².